The van der Waals surface area contributed by atoms with Crippen molar-refractivity contribution in [1.82, 2.24) is 20.0 Å². The molecule has 1 fully saturated rings. The fraction of sp³-hybridized carbons (Fsp3) is 0.474. The van der Waals surface area contributed by atoms with Crippen LogP contribution in [0.5, 0.6) is 0 Å². The van der Waals surface area contributed by atoms with Gasteiger partial charge in [-0.25, -0.2) is 0 Å². The fourth-order valence-electron chi connectivity index (χ4n) is 2.65. The van der Waals surface area contributed by atoms with E-state index in [9.17, 15) is 9.59 Å². The Morgan fingerprint density at radius 2 is 1.80 bits per heavy atom. The highest BCUT2D eigenvalue weighted by Crippen LogP contribution is 2.05. The van der Waals surface area contributed by atoms with E-state index in [0.29, 0.717) is 19.6 Å². The maximum atomic E-state index is 12.1. The second kappa shape index (κ2) is 9.96. The van der Waals surface area contributed by atoms with Crippen LogP contribution >= 0.6 is 0 Å². The van der Waals surface area contributed by atoms with Crippen LogP contribution in [0.25, 0.3) is 6.08 Å². The molecule has 0 atom stereocenters. The minimum Gasteiger partial charge on any atom is -0.347 e. The van der Waals surface area contributed by atoms with Crippen LogP contribution in [0, 0.1) is 0 Å². The number of carbonyl (C=O) groups is 2. The minimum atomic E-state index is -0.501. The quantitative estimate of drug-likeness (QED) is 0.765. The summed E-state index contributed by atoms with van der Waals surface area (Å²) in [6.07, 6.45) is 4.25. The molecule has 0 aliphatic carbocycles. The van der Waals surface area contributed by atoms with Gasteiger partial charge >= 0.3 is 11.8 Å². The van der Waals surface area contributed by atoms with Gasteiger partial charge in [-0.15, -0.1) is 0 Å². The van der Waals surface area contributed by atoms with Crippen molar-refractivity contribution in [2.75, 3.05) is 59.9 Å². The smallest absolute Gasteiger partial charge is 0.311 e. The van der Waals surface area contributed by atoms with Crippen molar-refractivity contribution < 1.29 is 9.59 Å². The van der Waals surface area contributed by atoms with Gasteiger partial charge in [-0.2, -0.15) is 0 Å². The summed E-state index contributed by atoms with van der Waals surface area (Å²) in [6, 6.07) is 10.2. The molecular weight excluding hydrogens is 316 g/mol. The maximum Gasteiger partial charge on any atom is 0.311 e. The van der Waals surface area contributed by atoms with Crippen LogP contribution in [0.1, 0.15) is 5.56 Å². The Balaban J connectivity index is 1.69. The van der Waals surface area contributed by atoms with Crippen molar-refractivity contribution in [3.63, 3.8) is 0 Å². The van der Waals surface area contributed by atoms with Crippen LogP contribution < -0.4 is 5.32 Å². The molecule has 1 aromatic rings. The van der Waals surface area contributed by atoms with E-state index in [1.807, 2.05) is 37.2 Å². The van der Waals surface area contributed by atoms with Gasteiger partial charge in [-0.3, -0.25) is 14.5 Å². The number of likely N-dealkylation sites (N-methyl/N-ethyl adjacent to an activating group) is 1. The van der Waals surface area contributed by atoms with Crippen LogP contribution in [0.3, 0.4) is 0 Å². The van der Waals surface area contributed by atoms with Crippen LogP contribution in [-0.2, 0) is 9.59 Å². The summed E-state index contributed by atoms with van der Waals surface area (Å²) in [4.78, 5) is 29.9. The van der Waals surface area contributed by atoms with Crippen LogP contribution in [0.15, 0.2) is 36.4 Å². The molecule has 2 amide bonds. The molecule has 0 spiro atoms. The Labute approximate surface area is 150 Å². The van der Waals surface area contributed by atoms with Crippen LogP contribution in [0.4, 0.5) is 0 Å². The van der Waals surface area contributed by atoms with Gasteiger partial charge in [-0.1, -0.05) is 42.5 Å². The summed E-state index contributed by atoms with van der Waals surface area (Å²) in [5.74, 6) is -0.919. The zero-order valence-corrected chi connectivity index (χ0v) is 15.1. The van der Waals surface area contributed by atoms with Gasteiger partial charge in [0.15, 0.2) is 0 Å². The van der Waals surface area contributed by atoms with Gasteiger partial charge in [0.1, 0.15) is 0 Å². The second-order valence-corrected chi connectivity index (χ2v) is 6.47. The van der Waals surface area contributed by atoms with Crippen molar-refractivity contribution in [3.8, 4) is 0 Å². The molecular formula is C19H28N4O2. The summed E-state index contributed by atoms with van der Waals surface area (Å²) in [5.41, 5.74) is 1.19. The van der Waals surface area contributed by atoms with Crippen LogP contribution in [0.2, 0.25) is 0 Å². The molecule has 1 N–H and O–H groups in total. The Kier molecular flexibility index (Phi) is 7.63. The number of piperazine rings is 1. The fourth-order valence-corrected chi connectivity index (χ4v) is 2.65. The first-order valence-corrected chi connectivity index (χ1v) is 8.72. The summed E-state index contributed by atoms with van der Waals surface area (Å²) in [5, 5.41) is 2.68. The molecule has 6 heteroatoms. The molecule has 1 saturated heterocycles. The number of amides is 2. The zero-order valence-electron chi connectivity index (χ0n) is 15.1. The van der Waals surface area contributed by atoms with Crippen molar-refractivity contribution >= 4 is 17.9 Å². The Morgan fingerprint density at radius 3 is 2.44 bits per heavy atom. The first-order chi connectivity index (χ1) is 12.1. The normalized spacial score (nSPS) is 15.7. The maximum absolute atomic E-state index is 12.1. The number of nitrogens with one attached hydrogen (secondary N) is 1. The highest BCUT2D eigenvalue weighted by molar-refractivity contribution is 6.35. The van der Waals surface area contributed by atoms with Gasteiger partial charge in [-0.05, 0) is 19.7 Å². The lowest BCUT2D eigenvalue weighted by Crippen LogP contribution is -2.52. The topological polar surface area (TPSA) is 55.9 Å². The monoisotopic (exact) mass is 344 g/mol. The molecule has 0 saturated carbocycles. The predicted molar refractivity (Wildman–Crippen MR) is 100 cm³/mol. The molecule has 0 bridgehead atoms. The van der Waals surface area contributed by atoms with Crippen molar-refractivity contribution in [1.29, 1.82) is 0 Å². The largest absolute Gasteiger partial charge is 0.347 e. The first kappa shape index (κ1) is 19.1. The molecule has 1 aliphatic heterocycles. The molecule has 0 radical (unpaired) electrons. The highest BCUT2D eigenvalue weighted by atomic mass is 16.2. The van der Waals surface area contributed by atoms with E-state index in [2.05, 4.69) is 34.5 Å². The number of benzene rings is 1. The minimum absolute atomic E-state index is 0.418. The van der Waals surface area contributed by atoms with Crippen molar-refractivity contribution in [3.05, 3.63) is 42.0 Å². The molecule has 1 heterocycles. The molecule has 1 aromatic carbocycles. The lowest BCUT2D eigenvalue weighted by Gasteiger charge is -2.33. The lowest BCUT2D eigenvalue weighted by molar-refractivity contribution is -0.146. The summed E-state index contributed by atoms with van der Waals surface area (Å²) in [7, 11) is 3.86. The third-order valence-corrected chi connectivity index (χ3v) is 4.17. The number of rotatable bonds is 6. The van der Waals surface area contributed by atoms with Gasteiger partial charge in [0, 0.05) is 45.8 Å². The number of hydrogen-bond donors (Lipinski definition) is 1. The standard InChI is InChI=1S/C19H28N4O2/c1-21(2)12-10-20-18(24)19(25)23-15-13-22(14-16-23)11-6-9-17-7-4-3-5-8-17/h3-9H,10-16H2,1-2H3,(H,20,24)/b9-6+. The van der Waals surface area contributed by atoms with Gasteiger partial charge in [0.25, 0.3) is 0 Å². The third-order valence-electron chi connectivity index (χ3n) is 4.17. The Hall–Kier alpha value is -2.18. The summed E-state index contributed by atoms with van der Waals surface area (Å²) >= 11 is 0. The Bertz CT molecular complexity index is 578. The van der Waals surface area contributed by atoms with E-state index in [-0.39, 0.29) is 0 Å². The van der Waals surface area contributed by atoms with E-state index in [0.717, 1.165) is 26.2 Å². The molecule has 0 aromatic heterocycles. The van der Waals surface area contributed by atoms with E-state index in [1.165, 1.54) is 5.56 Å². The van der Waals surface area contributed by atoms with E-state index < -0.39 is 11.8 Å². The average Bonchev–Trinajstić information content (AvgIpc) is 2.62. The molecule has 25 heavy (non-hydrogen) atoms. The molecule has 2 rings (SSSR count). The lowest BCUT2D eigenvalue weighted by atomic mass is 10.2. The number of nitrogens with zero attached hydrogens (tertiary/aromatic N) is 3. The highest BCUT2D eigenvalue weighted by Gasteiger charge is 2.25. The average molecular weight is 344 g/mol. The van der Waals surface area contributed by atoms with E-state index >= 15 is 0 Å². The molecule has 136 valence electrons. The first-order valence-electron chi connectivity index (χ1n) is 8.72. The summed E-state index contributed by atoms with van der Waals surface area (Å²) < 4.78 is 0. The third kappa shape index (κ3) is 6.68. The van der Waals surface area contributed by atoms with Crippen molar-refractivity contribution in [2.45, 2.75) is 0 Å². The Morgan fingerprint density at radius 1 is 1.12 bits per heavy atom. The van der Waals surface area contributed by atoms with Gasteiger partial charge < -0.3 is 15.1 Å². The molecule has 1 aliphatic rings. The predicted octanol–water partition coefficient (Wildman–Crippen LogP) is 0.522. The van der Waals surface area contributed by atoms with Crippen molar-refractivity contribution in [2.24, 2.45) is 0 Å². The number of hydrogen-bond acceptors (Lipinski definition) is 4. The van der Waals surface area contributed by atoms with Gasteiger partial charge in [0.2, 0.25) is 0 Å². The van der Waals surface area contributed by atoms with Gasteiger partial charge in [0.05, 0.1) is 0 Å². The molecule has 0 unspecified atom stereocenters. The zero-order chi connectivity index (χ0) is 18.1. The second-order valence-electron chi connectivity index (χ2n) is 6.47. The van der Waals surface area contributed by atoms with E-state index in [1.54, 1.807) is 4.90 Å². The van der Waals surface area contributed by atoms with E-state index in [4.69, 9.17) is 0 Å². The SMILES string of the molecule is CN(C)CCNC(=O)C(=O)N1CCN(C/C=C/c2ccccc2)CC1. The number of carbonyl (C=O) groups excluding carboxylic acids is 2. The molecule has 6 nitrogen and oxygen atoms in total. The van der Waals surface area contributed by atoms with Crippen LogP contribution in [-0.4, -0.2) is 86.4 Å². The summed E-state index contributed by atoms with van der Waals surface area (Å²) in [6.45, 7) is 4.83.